The number of nitrogens with zero attached hydrogens (tertiary/aromatic N) is 5. The molecule has 148 valence electrons. The van der Waals surface area contributed by atoms with Gasteiger partial charge >= 0.3 is 6.03 Å². The molecule has 3 heterocycles. The number of hydrogen-bond acceptors (Lipinski definition) is 6. The number of carbonyl (C=O) groups is 1. The summed E-state index contributed by atoms with van der Waals surface area (Å²) in [6.07, 6.45) is 4.14. The van der Waals surface area contributed by atoms with E-state index in [0.29, 0.717) is 24.4 Å². The van der Waals surface area contributed by atoms with E-state index >= 15 is 0 Å². The van der Waals surface area contributed by atoms with Crippen molar-refractivity contribution in [2.24, 2.45) is 0 Å². The van der Waals surface area contributed by atoms with Crippen LogP contribution in [0.1, 0.15) is 18.4 Å². The van der Waals surface area contributed by atoms with Crippen molar-refractivity contribution >= 4 is 29.2 Å². The molecule has 0 radical (unpaired) electrons. The van der Waals surface area contributed by atoms with Crippen molar-refractivity contribution in [2.45, 2.75) is 25.4 Å². The number of carbonyl (C=O) groups excluding carboxylic acids is 1. The van der Waals surface area contributed by atoms with Crippen LogP contribution in [-0.4, -0.2) is 61.2 Å². The quantitative estimate of drug-likeness (QED) is 0.847. The summed E-state index contributed by atoms with van der Waals surface area (Å²) < 4.78 is 0. The standard InChI is InChI=1S/C20H27N7O/c1-25(2)16-8-10-27(11-9-16)17-6-4-15(5-7-17)23-19-21-12-14-13-22-20(28)26(3)18(14)24-19/h4-7,12,16H,8-11,13H2,1-3H3,(H,22,28)(H,21,23,24). The smallest absolute Gasteiger partial charge is 0.323 e. The zero-order chi connectivity index (χ0) is 19.7. The number of nitrogens with one attached hydrogen (secondary N) is 2. The Labute approximate surface area is 165 Å². The molecule has 2 aliphatic rings. The largest absolute Gasteiger partial charge is 0.371 e. The van der Waals surface area contributed by atoms with Crippen LogP contribution in [-0.2, 0) is 6.54 Å². The summed E-state index contributed by atoms with van der Waals surface area (Å²) in [6, 6.07) is 8.89. The Kier molecular flexibility index (Phi) is 5.04. The number of amides is 2. The van der Waals surface area contributed by atoms with Gasteiger partial charge < -0.3 is 20.4 Å². The SMILES string of the molecule is CN1C(=O)NCc2cnc(Nc3ccc(N4CCC(N(C)C)CC4)cc3)nc21. The number of aromatic nitrogens is 2. The van der Waals surface area contributed by atoms with Gasteiger partial charge in [0, 0.05) is 55.9 Å². The van der Waals surface area contributed by atoms with Gasteiger partial charge in [0.05, 0.1) is 0 Å². The molecule has 0 saturated carbocycles. The fraction of sp³-hybridized carbons (Fsp3) is 0.450. The monoisotopic (exact) mass is 381 g/mol. The molecule has 0 aliphatic carbocycles. The molecule has 28 heavy (non-hydrogen) atoms. The number of urea groups is 1. The summed E-state index contributed by atoms with van der Waals surface area (Å²) in [5.74, 6) is 1.13. The number of rotatable bonds is 4. The maximum Gasteiger partial charge on any atom is 0.323 e. The van der Waals surface area contributed by atoms with Crippen molar-refractivity contribution in [3.8, 4) is 0 Å². The predicted octanol–water partition coefficient (Wildman–Crippen LogP) is 2.41. The lowest BCUT2D eigenvalue weighted by molar-refractivity contribution is 0.245. The van der Waals surface area contributed by atoms with Crippen LogP contribution in [0.2, 0.25) is 0 Å². The molecule has 0 bridgehead atoms. The first-order chi connectivity index (χ1) is 13.5. The minimum atomic E-state index is -0.153. The number of fused-ring (bicyclic) bond motifs is 1. The first kappa shape index (κ1) is 18.5. The van der Waals surface area contributed by atoms with E-state index in [1.807, 2.05) is 12.1 Å². The maximum absolute atomic E-state index is 11.8. The van der Waals surface area contributed by atoms with Crippen LogP contribution in [0.4, 0.5) is 27.9 Å². The molecule has 0 unspecified atom stereocenters. The number of piperidine rings is 1. The van der Waals surface area contributed by atoms with Crippen molar-refractivity contribution in [2.75, 3.05) is 49.3 Å². The van der Waals surface area contributed by atoms with E-state index in [9.17, 15) is 4.79 Å². The third-order valence-corrected chi connectivity index (χ3v) is 5.58. The molecule has 2 N–H and O–H groups in total. The van der Waals surface area contributed by atoms with Crippen LogP contribution in [0.25, 0.3) is 0 Å². The Morgan fingerprint density at radius 2 is 1.89 bits per heavy atom. The van der Waals surface area contributed by atoms with E-state index in [2.05, 4.69) is 56.6 Å². The molecule has 0 spiro atoms. The Hall–Kier alpha value is -2.87. The van der Waals surface area contributed by atoms with Crippen LogP contribution in [0.3, 0.4) is 0 Å². The average molecular weight is 381 g/mol. The van der Waals surface area contributed by atoms with Gasteiger partial charge in [0.15, 0.2) is 0 Å². The van der Waals surface area contributed by atoms with E-state index in [4.69, 9.17) is 0 Å². The van der Waals surface area contributed by atoms with Gasteiger partial charge in [-0.2, -0.15) is 4.98 Å². The molecule has 1 aromatic heterocycles. The maximum atomic E-state index is 11.8. The molecule has 1 saturated heterocycles. The van der Waals surface area contributed by atoms with Crippen molar-refractivity contribution in [3.63, 3.8) is 0 Å². The number of anilines is 4. The van der Waals surface area contributed by atoms with Gasteiger partial charge in [0.1, 0.15) is 5.82 Å². The first-order valence-electron chi connectivity index (χ1n) is 9.67. The summed E-state index contributed by atoms with van der Waals surface area (Å²) in [4.78, 5) is 26.9. The molecule has 4 rings (SSSR count). The summed E-state index contributed by atoms with van der Waals surface area (Å²) in [5.41, 5.74) is 3.07. The highest BCUT2D eigenvalue weighted by Gasteiger charge is 2.23. The average Bonchev–Trinajstić information content (AvgIpc) is 2.72. The van der Waals surface area contributed by atoms with Gasteiger partial charge in [0.25, 0.3) is 0 Å². The first-order valence-corrected chi connectivity index (χ1v) is 9.67. The van der Waals surface area contributed by atoms with Crippen molar-refractivity contribution in [3.05, 3.63) is 36.0 Å². The highest BCUT2D eigenvalue weighted by atomic mass is 16.2. The Balaban J connectivity index is 1.42. The molecule has 8 nitrogen and oxygen atoms in total. The van der Waals surface area contributed by atoms with Crippen molar-refractivity contribution in [1.82, 2.24) is 20.2 Å². The molecule has 0 atom stereocenters. The van der Waals surface area contributed by atoms with E-state index in [-0.39, 0.29) is 6.03 Å². The third kappa shape index (κ3) is 3.73. The second-order valence-electron chi connectivity index (χ2n) is 7.61. The fourth-order valence-electron chi connectivity index (χ4n) is 3.78. The summed E-state index contributed by atoms with van der Waals surface area (Å²) in [6.45, 7) is 2.62. The van der Waals surface area contributed by atoms with Crippen molar-refractivity contribution in [1.29, 1.82) is 0 Å². The highest BCUT2D eigenvalue weighted by molar-refractivity contribution is 5.93. The Bertz CT molecular complexity index is 844. The molecular weight excluding hydrogens is 354 g/mol. The van der Waals surface area contributed by atoms with Crippen LogP contribution >= 0.6 is 0 Å². The van der Waals surface area contributed by atoms with Gasteiger partial charge in [-0.25, -0.2) is 9.78 Å². The summed E-state index contributed by atoms with van der Waals surface area (Å²) >= 11 is 0. The zero-order valence-corrected chi connectivity index (χ0v) is 16.6. The Morgan fingerprint density at radius 1 is 1.18 bits per heavy atom. The third-order valence-electron chi connectivity index (χ3n) is 5.58. The van der Waals surface area contributed by atoms with Gasteiger partial charge in [0.2, 0.25) is 5.95 Å². The van der Waals surface area contributed by atoms with Gasteiger partial charge in [-0.1, -0.05) is 0 Å². The van der Waals surface area contributed by atoms with E-state index in [0.717, 1.165) is 24.3 Å². The van der Waals surface area contributed by atoms with E-state index in [1.54, 1.807) is 13.2 Å². The zero-order valence-electron chi connectivity index (χ0n) is 16.6. The van der Waals surface area contributed by atoms with Crippen LogP contribution in [0.5, 0.6) is 0 Å². The summed E-state index contributed by atoms with van der Waals surface area (Å²) in [5, 5.41) is 6.02. The minimum Gasteiger partial charge on any atom is -0.371 e. The van der Waals surface area contributed by atoms with Crippen LogP contribution in [0, 0.1) is 0 Å². The van der Waals surface area contributed by atoms with Crippen LogP contribution < -0.4 is 20.4 Å². The second-order valence-corrected chi connectivity index (χ2v) is 7.61. The molecule has 8 heteroatoms. The predicted molar refractivity (Wildman–Crippen MR) is 111 cm³/mol. The molecular formula is C20H27N7O. The highest BCUT2D eigenvalue weighted by Crippen LogP contribution is 2.26. The van der Waals surface area contributed by atoms with Gasteiger partial charge in [-0.05, 0) is 51.2 Å². The lowest BCUT2D eigenvalue weighted by atomic mass is 10.0. The van der Waals surface area contributed by atoms with Gasteiger partial charge in [-0.15, -0.1) is 0 Å². The molecule has 1 fully saturated rings. The van der Waals surface area contributed by atoms with E-state index < -0.39 is 0 Å². The van der Waals surface area contributed by atoms with Crippen LogP contribution in [0.15, 0.2) is 30.5 Å². The van der Waals surface area contributed by atoms with Gasteiger partial charge in [-0.3, -0.25) is 4.90 Å². The summed E-state index contributed by atoms with van der Waals surface area (Å²) in [7, 11) is 6.03. The second kappa shape index (κ2) is 7.63. The molecule has 1 aromatic carbocycles. The lowest BCUT2D eigenvalue weighted by Crippen LogP contribution is -2.42. The Morgan fingerprint density at radius 3 is 2.57 bits per heavy atom. The molecule has 2 amide bonds. The normalized spacial score (nSPS) is 17.5. The van der Waals surface area contributed by atoms with E-state index in [1.165, 1.54) is 23.4 Å². The topological polar surface area (TPSA) is 76.6 Å². The number of hydrogen-bond donors (Lipinski definition) is 2. The minimum absolute atomic E-state index is 0.153. The number of benzene rings is 1. The lowest BCUT2D eigenvalue weighted by Gasteiger charge is -2.36. The molecule has 2 aliphatic heterocycles. The molecule has 2 aromatic rings. The fourth-order valence-corrected chi connectivity index (χ4v) is 3.78. The van der Waals surface area contributed by atoms with Crippen molar-refractivity contribution < 1.29 is 4.79 Å².